The van der Waals surface area contributed by atoms with Crippen molar-refractivity contribution < 1.29 is 9.53 Å². The topological polar surface area (TPSA) is 82.2 Å². The van der Waals surface area contributed by atoms with Gasteiger partial charge in [-0.1, -0.05) is 30.3 Å². The van der Waals surface area contributed by atoms with Crippen molar-refractivity contribution in [1.29, 1.82) is 0 Å². The van der Waals surface area contributed by atoms with E-state index >= 15 is 0 Å². The molecule has 1 fully saturated rings. The monoisotopic (exact) mass is 426 g/mol. The van der Waals surface area contributed by atoms with Crippen LogP contribution in [0.15, 0.2) is 60.8 Å². The van der Waals surface area contributed by atoms with Gasteiger partial charge in [-0.3, -0.25) is 4.79 Å². The zero-order valence-electron chi connectivity index (χ0n) is 17.0. The van der Waals surface area contributed by atoms with Crippen LogP contribution in [0, 0.1) is 0 Å². The molecule has 2 aromatic carbocycles. The van der Waals surface area contributed by atoms with Gasteiger partial charge in [0.1, 0.15) is 11.4 Å². The van der Waals surface area contributed by atoms with Gasteiger partial charge in [0.15, 0.2) is 0 Å². The highest BCUT2D eigenvalue weighted by Gasteiger charge is 2.24. The van der Waals surface area contributed by atoms with Crippen molar-refractivity contribution in [3.8, 4) is 22.7 Å². The second-order valence-corrected chi connectivity index (χ2v) is 7.49. The van der Waals surface area contributed by atoms with E-state index in [0.29, 0.717) is 11.3 Å². The lowest BCUT2D eigenvalue weighted by Gasteiger charge is -2.26. The Morgan fingerprint density at radius 1 is 1.10 bits per heavy atom. The van der Waals surface area contributed by atoms with Gasteiger partial charge < -0.3 is 15.8 Å². The highest BCUT2D eigenvalue weighted by Crippen LogP contribution is 2.27. The third-order valence-electron chi connectivity index (χ3n) is 5.43. The van der Waals surface area contributed by atoms with Crippen LogP contribution in [0.25, 0.3) is 16.9 Å². The third-order valence-corrected chi connectivity index (χ3v) is 5.43. The van der Waals surface area contributed by atoms with Gasteiger partial charge >= 0.3 is 0 Å². The Kier molecular flexibility index (Phi) is 7.13. The first-order valence-corrected chi connectivity index (χ1v) is 10.00. The number of amides is 1. The number of methoxy groups -OCH3 is 1. The highest BCUT2D eigenvalue weighted by molar-refractivity contribution is 6.00. The third kappa shape index (κ3) is 4.83. The molecule has 3 N–H and O–H groups in total. The first-order valence-electron chi connectivity index (χ1n) is 10.00. The summed E-state index contributed by atoms with van der Waals surface area (Å²) in [6, 6.07) is 17.8. The second-order valence-electron chi connectivity index (χ2n) is 7.49. The minimum atomic E-state index is -0.106. The fraction of sp³-hybridized carbons (Fsp3) is 0.304. The Balaban J connectivity index is 0.00000256. The van der Waals surface area contributed by atoms with E-state index in [9.17, 15) is 4.79 Å². The van der Waals surface area contributed by atoms with Gasteiger partial charge in [0.2, 0.25) is 0 Å². The van der Waals surface area contributed by atoms with E-state index in [1.165, 1.54) is 0 Å². The number of carbonyl (C=O) groups excluding carboxylic acids is 1. The Hall–Kier alpha value is -2.83. The van der Waals surface area contributed by atoms with Gasteiger partial charge in [0.05, 0.1) is 18.4 Å². The number of nitrogens with one attached hydrogen (secondary N) is 1. The number of aromatic nitrogens is 2. The normalized spacial score (nSPS) is 18.3. The number of nitrogens with two attached hydrogens (primary N) is 1. The average Bonchev–Trinajstić information content (AvgIpc) is 3.22. The number of halogens is 1. The van der Waals surface area contributed by atoms with Crippen molar-refractivity contribution in [2.45, 2.75) is 37.8 Å². The maximum atomic E-state index is 13.2. The fourth-order valence-corrected chi connectivity index (χ4v) is 3.76. The van der Waals surface area contributed by atoms with Crippen molar-refractivity contribution in [3.63, 3.8) is 0 Å². The van der Waals surface area contributed by atoms with Crippen LogP contribution >= 0.6 is 12.4 Å². The van der Waals surface area contributed by atoms with Gasteiger partial charge in [-0.2, -0.15) is 5.10 Å². The van der Waals surface area contributed by atoms with Crippen LogP contribution < -0.4 is 15.8 Å². The maximum absolute atomic E-state index is 13.2. The van der Waals surface area contributed by atoms with Crippen molar-refractivity contribution in [2.24, 2.45) is 5.73 Å². The molecule has 6 nitrogen and oxygen atoms in total. The summed E-state index contributed by atoms with van der Waals surface area (Å²) >= 11 is 0. The van der Waals surface area contributed by atoms with Crippen molar-refractivity contribution in [3.05, 3.63) is 66.4 Å². The molecule has 3 aromatic rings. The van der Waals surface area contributed by atoms with E-state index < -0.39 is 0 Å². The molecule has 1 aliphatic rings. The molecule has 0 atom stereocenters. The molecule has 30 heavy (non-hydrogen) atoms. The first-order chi connectivity index (χ1) is 14.1. The van der Waals surface area contributed by atoms with E-state index in [1.54, 1.807) is 18.0 Å². The Bertz CT molecular complexity index is 982. The molecular formula is C23H27ClN4O2. The molecule has 7 heteroatoms. The lowest BCUT2D eigenvalue weighted by atomic mass is 9.91. The first kappa shape index (κ1) is 21.9. The van der Waals surface area contributed by atoms with Gasteiger partial charge in [-0.25, -0.2) is 4.68 Å². The van der Waals surface area contributed by atoms with Crippen LogP contribution in [-0.2, 0) is 0 Å². The largest absolute Gasteiger partial charge is 0.497 e. The summed E-state index contributed by atoms with van der Waals surface area (Å²) in [7, 11) is 1.63. The lowest BCUT2D eigenvalue weighted by molar-refractivity contribution is 0.0926. The van der Waals surface area contributed by atoms with E-state index in [1.807, 2.05) is 54.6 Å². The summed E-state index contributed by atoms with van der Waals surface area (Å²) in [5, 5.41) is 7.91. The molecule has 0 bridgehead atoms. The van der Waals surface area contributed by atoms with Crippen molar-refractivity contribution in [1.82, 2.24) is 15.1 Å². The summed E-state index contributed by atoms with van der Waals surface area (Å²) in [5.41, 5.74) is 8.93. The standard InChI is InChI=1S/C23H26N4O2.ClH/c1-29-20-9-5-6-16(14-20)22-21(15-27(26-22)19-7-3-2-4-8-19)23(28)25-18-12-10-17(24)11-13-18;/h2-9,14-15,17-18H,10-13,24H2,1H3,(H,25,28);1H. The number of hydrogen-bond donors (Lipinski definition) is 2. The Morgan fingerprint density at radius 3 is 2.53 bits per heavy atom. The van der Waals surface area contributed by atoms with E-state index in [-0.39, 0.29) is 30.4 Å². The quantitative estimate of drug-likeness (QED) is 0.646. The predicted octanol–water partition coefficient (Wildman–Crippen LogP) is 3.97. The van der Waals surface area contributed by atoms with Gasteiger partial charge in [-0.05, 0) is 49.9 Å². The molecule has 4 rings (SSSR count). The van der Waals surface area contributed by atoms with E-state index in [2.05, 4.69) is 5.32 Å². The summed E-state index contributed by atoms with van der Waals surface area (Å²) in [6.07, 6.45) is 5.50. The molecule has 0 unspecified atom stereocenters. The molecular weight excluding hydrogens is 400 g/mol. The molecule has 0 radical (unpaired) electrons. The van der Waals surface area contributed by atoms with Gasteiger partial charge in [0.25, 0.3) is 5.91 Å². The van der Waals surface area contributed by atoms with Crippen LogP contribution in [-0.4, -0.2) is 34.9 Å². The molecule has 158 valence electrons. The zero-order chi connectivity index (χ0) is 20.2. The minimum absolute atomic E-state index is 0. The molecule has 1 aliphatic carbocycles. The maximum Gasteiger partial charge on any atom is 0.255 e. The van der Waals surface area contributed by atoms with Crippen LogP contribution in [0.3, 0.4) is 0 Å². The second kappa shape index (κ2) is 9.78. The zero-order valence-corrected chi connectivity index (χ0v) is 17.8. The van der Waals surface area contributed by atoms with Crippen LogP contribution in [0.2, 0.25) is 0 Å². The number of rotatable bonds is 5. The summed E-state index contributed by atoms with van der Waals surface area (Å²) in [4.78, 5) is 13.2. The molecule has 1 amide bonds. The number of hydrogen-bond acceptors (Lipinski definition) is 4. The fourth-order valence-electron chi connectivity index (χ4n) is 3.76. The van der Waals surface area contributed by atoms with E-state index in [0.717, 1.165) is 42.7 Å². The average molecular weight is 427 g/mol. The number of para-hydroxylation sites is 1. The highest BCUT2D eigenvalue weighted by atomic mass is 35.5. The van der Waals surface area contributed by atoms with E-state index in [4.69, 9.17) is 15.6 Å². The van der Waals surface area contributed by atoms with Crippen molar-refractivity contribution in [2.75, 3.05) is 7.11 Å². The summed E-state index contributed by atoms with van der Waals surface area (Å²) < 4.78 is 7.10. The lowest BCUT2D eigenvalue weighted by Crippen LogP contribution is -2.40. The number of ether oxygens (including phenoxy) is 1. The van der Waals surface area contributed by atoms with Crippen LogP contribution in [0.4, 0.5) is 0 Å². The molecule has 0 saturated heterocycles. The molecule has 1 saturated carbocycles. The Morgan fingerprint density at radius 2 is 1.83 bits per heavy atom. The number of benzene rings is 2. The molecule has 1 heterocycles. The van der Waals surface area contributed by atoms with Gasteiger partial charge in [-0.15, -0.1) is 12.4 Å². The molecule has 0 aliphatic heterocycles. The minimum Gasteiger partial charge on any atom is -0.497 e. The summed E-state index contributed by atoms with van der Waals surface area (Å²) in [6.45, 7) is 0. The SMILES string of the molecule is COc1cccc(-c2nn(-c3ccccc3)cc2C(=O)NC2CCC(N)CC2)c1.Cl. The summed E-state index contributed by atoms with van der Waals surface area (Å²) in [5.74, 6) is 0.620. The smallest absolute Gasteiger partial charge is 0.255 e. The predicted molar refractivity (Wildman–Crippen MR) is 120 cm³/mol. The number of carbonyl (C=O) groups is 1. The molecule has 0 spiro atoms. The molecule has 1 aromatic heterocycles. The van der Waals surface area contributed by atoms with Gasteiger partial charge in [0, 0.05) is 23.8 Å². The van der Waals surface area contributed by atoms with Crippen LogP contribution in [0.1, 0.15) is 36.0 Å². The number of nitrogens with zero attached hydrogens (tertiary/aromatic N) is 2. The van der Waals surface area contributed by atoms with Crippen LogP contribution in [0.5, 0.6) is 5.75 Å². The van der Waals surface area contributed by atoms with Crippen molar-refractivity contribution >= 4 is 18.3 Å². The Labute approximate surface area is 182 Å².